The molecule has 25 heavy (non-hydrogen) atoms. The van der Waals surface area contributed by atoms with Crippen molar-refractivity contribution in [1.29, 1.82) is 0 Å². The smallest absolute Gasteiger partial charge is 0.254 e. The number of fused-ring (bicyclic) bond motifs is 1. The summed E-state index contributed by atoms with van der Waals surface area (Å²) in [6.07, 6.45) is 2.74. The molecule has 0 spiro atoms. The number of hydrogen-bond acceptors (Lipinski definition) is 6. The van der Waals surface area contributed by atoms with Crippen molar-refractivity contribution in [2.45, 2.75) is 13.0 Å². The zero-order valence-corrected chi connectivity index (χ0v) is 13.8. The summed E-state index contributed by atoms with van der Waals surface area (Å²) in [6.45, 7) is 3.23. The summed E-state index contributed by atoms with van der Waals surface area (Å²) in [5, 5.41) is 0. The lowest BCUT2D eigenvalue weighted by Crippen LogP contribution is -2.42. The summed E-state index contributed by atoms with van der Waals surface area (Å²) in [5.41, 5.74) is 8.77. The summed E-state index contributed by atoms with van der Waals surface area (Å²) in [7, 11) is 0. The Kier molecular flexibility index (Phi) is 3.81. The molecule has 4 rings (SSSR count). The molecule has 1 fully saturated rings. The van der Waals surface area contributed by atoms with Gasteiger partial charge in [-0.2, -0.15) is 0 Å². The van der Waals surface area contributed by atoms with E-state index in [1.54, 1.807) is 17.2 Å². The van der Waals surface area contributed by atoms with Gasteiger partial charge in [0.15, 0.2) is 0 Å². The predicted octanol–water partition coefficient (Wildman–Crippen LogP) is 1.46. The average Bonchev–Trinajstić information content (AvgIpc) is 3.00. The number of aromatic amines is 1. The van der Waals surface area contributed by atoms with Gasteiger partial charge in [-0.15, -0.1) is 0 Å². The number of morpholine rings is 1. The molecule has 3 heterocycles. The maximum Gasteiger partial charge on any atom is 0.254 e. The van der Waals surface area contributed by atoms with Crippen LogP contribution in [0.15, 0.2) is 30.6 Å². The van der Waals surface area contributed by atoms with Gasteiger partial charge < -0.3 is 20.4 Å². The third-order valence-corrected chi connectivity index (χ3v) is 4.26. The van der Waals surface area contributed by atoms with Gasteiger partial charge in [-0.3, -0.25) is 9.78 Å². The molecule has 1 amide bonds. The molecule has 3 N–H and O–H groups in total. The van der Waals surface area contributed by atoms with Gasteiger partial charge in [-0.25, -0.2) is 9.97 Å². The first-order valence-electron chi connectivity index (χ1n) is 8.05. The summed E-state index contributed by atoms with van der Waals surface area (Å²) < 4.78 is 5.74. The fraction of sp³-hybridized carbons (Fsp3) is 0.294. The molecule has 1 aliphatic heterocycles. The van der Waals surface area contributed by atoms with E-state index < -0.39 is 0 Å². The van der Waals surface area contributed by atoms with Crippen molar-refractivity contribution in [2.75, 3.05) is 25.4 Å². The molecular formula is C17H18N6O2. The van der Waals surface area contributed by atoms with E-state index in [1.165, 1.54) is 6.20 Å². The van der Waals surface area contributed by atoms with Gasteiger partial charge in [0, 0.05) is 24.5 Å². The van der Waals surface area contributed by atoms with Crippen LogP contribution in [0.1, 0.15) is 28.0 Å². The SMILES string of the molecule is Cc1nc2ccc(C(=O)N3CCO[C@@H](c4nccnc4N)C3)cc2[nH]1. The van der Waals surface area contributed by atoms with Crippen molar-refractivity contribution in [3.63, 3.8) is 0 Å². The number of hydrogen-bond donors (Lipinski definition) is 2. The number of nitrogens with zero attached hydrogens (tertiary/aromatic N) is 4. The molecule has 128 valence electrons. The number of aromatic nitrogens is 4. The Morgan fingerprint density at radius 2 is 2.20 bits per heavy atom. The van der Waals surface area contributed by atoms with Gasteiger partial charge in [-0.1, -0.05) is 0 Å². The van der Waals surface area contributed by atoms with Gasteiger partial charge >= 0.3 is 0 Å². The van der Waals surface area contributed by atoms with Gasteiger partial charge in [0.1, 0.15) is 23.4 Å². The number of nitrogen functional groups attached to an aromatic ring is 1. The van der Waals surface area contributed by atoms with Gasteiger partial charge in [0.05, 0.1) is 24.2 Å². The van der Waals surface area contributed by atoms with Crippen LogP contribution in [-0.4, -0.2) is 50.4 Å². The molecule has 0 unspecified atom stereocenters. The number of benzene rings is 1. The van der Waals surface area contributed by atoms with Crippen molar-refractivity contribution in [3.8, 4) is 0 Å². The standard InChI is InChI=1S/C17H18N6O2/c1-10-21-12-3-2-11(8-13(12)22-10)17(24)23-6-7-25-14(9-23)15-16(18)20-5-4-19-15/h2-5,8,14H,6-7,9H2,1H3,(H2,18,20)(H,21,22)/t14-/m1/s1. The van der Waals surface area contributed by atoms with Crippen molar-refractivity contribution >= 4 is 22.8 Å². The highest BCUT2D eigenvalue weighted by atomic mass is 16.5. The number of anilines is 1. The van der Waals surface area contributed by atoms with Crippen LogP contribution in [-0.2, 0) is 4.74 Å². The fourth-order valence-corrected chi connectivity index (χ4v) is 3.06. The first-order valence-corrected chi connectivity index (χ1v) is 8.05. The van der Waals surface area contributed by atoms with Crippen molar-refractivity contribution in [1.82, 2.24) is 24.8 Å². The third kappa shape index (κ3) is 2.91. The van der Waals surface area contributed by atoms with E-state index >= 15 is 0 Å². The van der Waals surface area contributed by atoms with Crippen molar-refractivity contribution < 1.29 is 9.53 Å². The molecule has 2 aromatic heterocycles. The molecule has 0 bridgehead atoms. The number of carbonyl (C=O) groups is 1. The molecular weight excluding hydrogens is 320 g/mol. The predicted molar refractivity (Wildman–Crippen MR) is 91.9 cm³/mol. The van der Waals surface area contributed by atoms with Crippen LogP contribution >= 0.6 is 0 Å². The van der Waals surface area contributed by atoms with Crippen molar-refractivity contribution in [2.24, 2.45) is 0 Å². The Labute approximate surface area is 144 Å². The van der Waals surface area contributed by atoms with Crippen LogP contribution in [0.4, 0.5) is 5.82 Å². The average molecular weight is 338 g/mol. The van der Waals surface area contributed by atoms with Crippen LogP contribution in [0, 0.1) is 6.92 Å². The monoisotopic (exact) mass is 338 g/mol. The van der Waals surface area contributed by atoms with E-state index in [4.69, 9.17) is 10.5 Å². The maximum atomic E-state index is 12.9. The van der Waals surface area contributed by atoms with E-state index in [9.17, 15) is 4.79 Å². The normalized spacial score (nSPS) is 17.8. The number of imidazole rings is 1. The molecule has 1 aromatic carbocycles. The maximum absolute atomic E-state index is 12.9. The summed E-state index contributed by atoms with van der Waals surface area (Å²) in [4.78, 5) is 30.4. The first-order chi connectivity index (χ1) is 12.1. The second kappa shape index (κ2) is 6.14. The topological polar surface area (TPSA) is 110 Å². The first kappa shape index (κ1) is 15.5. The number of H-pyrrole nitrogens is 1. The molecule has 3 aromatic rings. The highest BCUT2D eigenvalue weighted by Gasteiger charge is 2.28. The highest BCUT2D eigenvalue weighted by Crippen LogP contribution is 2.25. The van der Waals surface area contributed by atoms with Crippen LogP contribution < -0.4 is 5.73 Å². The van der Waals surface area contributed by atoms with E-state index in [2.05, 4.69) is 19.9 Å². The summed E-state index contributed by atoms with van der Waals surface area (Å²) in [5.74, 6) is 1.10. The fourth-order valence-electron chi connectivity index (χ4n) is 3.06. The Bertz CT molecular complexity index is 938. The van der Waals surface area contributed by atoms with Crippen LogP contribution in [0.5, 0.6) is 0 Å². The van der Waals surface area contributed by atoms with E-state index in [0.29, 0.717) is 36.8 Å². The molecule has 1 aliphatic rings. The van der Waals surface area contributed by atoms with E-state index in [-0.39, 0.29) is 12.0 Å². The largest absolute Gasteiger partial charge is 0.382 e. The second-order valence-corrected chi connectivity index (χ2v) is 5.99. The number of aryl methyl sites for hydroxylation is 1. The van der Waals surface area contributed by atoms with E-state index in [0.717, 1.165) is 16.9 Å². The number of ether oxygens (including phenoxy) is 1. The number of nitrogens with one attached hydrogen (secondary N) is 1. The van der Waals surface area contributed by atoms with Crippen LogP contribution in [0.25, 0.3) is 11.0 Å². The number of carbonyl (C=O) groups excluding carboxylic acids is 1. The number of rotatable bonds is 2. The summed E-state index contributed by atoms with van der Waals surface area (Å²) in [6, 6.07) is 5.48. The highest BCUT2D eigenvalue weighted by molar-refractivity contribution is 5.97. The lowest BCUT2D eigenvalue weighted by molar-refractivity contribution is -0.0245. The van der Waals surface area contributed by atoms with Gasteiger partial charge in [0.25, 0.3) is 5.91 Å². The lowest BCUT2D eigenvalue weighted by Gasteiger charge is -2.32. The van der Waals surface area contributed by atoms with E-state index in [1.807, 2.05) is 19.1 Å². The minimum atomic E-state index is -0.371. The third-order valence-electron chi connectivity index (χ3n) is 4.26. The van der Waals surface area contributed by atoms with Crippen molar-refractivity contribution in [3.05, 3.63) is 47.7 Å². The lowest BCUT2D eigenvalue weighted by atomic mass is 10.1. The molecule has 8 heteroatoms. The van der Waals surface area contributed by atoms with Crippen LogP contribution in [0.3, 0.4) is 0 Å². The van der Waals surface area contributed by atoms with Gasteiger partial charge in [-0.05, 0) is 25.1 Å². The summed E-state index contributed by atoms with van der Waals surface area (Å²) >= 11 is 0. The molecule has 8 nitrogen and oxygen atoms in total. The minimum absolute atomic E-state index is 0.0510. The zero-order chi connectivity index (χ0) is 17.4. The molecule has 1 atom stereocenters. The Hall–Kier alpha value is -3.00. The Morgan fingerprint density at radius 3 is 3.04 bits per heavy atom. The van der Waals surface area contributed by atoms with Crippen LogP contribution in [0.2, 0.25) is 0 Å². The minimum Gasteiger partial charge on any atom is -0.382 e. The molecule has 0 radical (unpaired) electrons. The van der Waals surface area contributed by atoms with Gasteiger partial charge in [0.2, 0.25) is 0 Å². The number of amides is 1. The Morgan fingerprint density at radius 1 is 1.36 bits per heavy atom. The number of nitrogens with two attached hydrogens (primary N) is 1. The second-order valence-electron chi connectivity index (χ2n) is 5.99. The molecule has 0 saturated carbocycles. The quantitative estimate of drug-likeness (QED) is 0.732. The molecule has 0 aliphatic carbocycles. The Balaban J connectivity index is 1.57. The zero-order valence-electron chi connectivity index (χ0n) is 13.8. The molecule has 1 saturated heterocycles.